The molecule has 11 nitrogen and oxygen atoms in total. The third-order valence-corrected chi connectivity index (χ3v) is 4.42. The van der Waals surface area contributed by atoms with Gasteiger partial charge < -0.3 is 19.5 Å². The highest BCUT2D eigenvalue weighted by atomic mass is 16.6. The number of aromatic nitrogens is 5. The standard InChI is InChI=1S/C20H21N7O4/c1-28-16-9-13(10-17(29-2)18(16)30-3)22-20-21-11-15-19(23-20)27(26-24-15)14-7-5-6-12(8-14)25-31-4/h5-11,25H,1-4H3,(H,21,22,23). The molecule has 11 heteroatoms. The number of rotatable bonds is 8. The van der Waals surface area contributed by atoms with Crippen molar-refractivity contribution in [3.05, 3.63) is 42.6 Å². The lowest BCUT2D eigenvalue weighted by Gasteiger charge is -2.14. The average Bonchev–Trinajstić information content (AvgIpc) is 3.22. The number of nitrogens with zero attached hydrogens (tertiary/aromatic N) is 5. The normalized spacial score (nSPS) is 10.7. The first-order valence-electron chi connectivity index (χ1n) is 9.21. The fraction of sp³-hybridized carbons (Fsp3) is 0.200. The van der Waals surface area contributed by atoms with Gasteiger partial charge >= 0.3 is 0 Å². The Morgan fingerprint density at radius 2 is 1.68 bits per heavy atom. The van der Waals surface area contributed by atoms with Crippen LogP contribution >= 0.6 is 0 Å². The van der Waals surface area contributed by atoms with E-state index >= 15 is 0 Å². The second kappa shape index (κ2) is 8.71. The second-order valence-electron chi connectivity index (χ2n) is 6.30. The first-order valence-corrected chi connectivity index (χ1v) is 9.21. The summed E-state index contributed by atoms with van der Waals surface area (Å²) in [6.45, 7) is 0. The smallest absolute Gasteiger partial charge is 0.229 e. The molecule has 0 saturated heterocycles. The van der Waals surface area contributed by atoms with E-state index in [2.05, 4.69) is 31.1 Å². The lowest BCUT2D eigenvalue weighted by molar-refractivity contribution is 0.271. The third-order valence-electron chi connectivity index (χ3n) is 4.42. The van der Waals surface area contributed by atoms with Crippen molar-refractivity contribution >= 4 is 28.5 Å². The van der Waals surface area contributed by atoms with Crippen LogP contribution in [0, 0.1) is 0 Å². The van der Waals surface area contributed by atoms with Crippen LogP contribution in [0.25, 0.3) is 16.9 Å². The minimum absolute atomic E-state index is 0.358. The van der Waals surface area contributed by atoms with Gasteiger partial charge in [0.2, 0.25) is 11.7 Å². The van der Waals surface area contributed by atoms with Gasteiger partial charge in [0.05, 0.1) is 46.0 Å². The highest BCUT2D eigenvalue weighted by Gasteiger charge is 2.15. The zero-order valence-corrected chi connectivity index (χ0v) is 17.4. The Labute approximate surface area is 177 Å². The molecule has 2 aromatic carbocycles. The Balaban J connectivity index is 1.71. The van der Waals surface area contributed by atoms with Gasteiger partial charge in [0, 0.05) is 17.8 Å². The number of methoxy groups -OCH3 is 3. The number of anilines is 3. The maximum Gasteiger partial charge on any atom is 0.229 e. The van der Waals surface area contributed by atoms with Crippen LogP contribution in [0.2, 0.25) is 0 Å². The maximum atomic E-state index is 5.40. The van der Waals surface area contributed by atoms with E-state index in [0.717, 1.165) is 11.4 Å². The quantitative estimate of drug-likeness (QED) is 0.410. The summed E-state index contributed by atoms with van der Waals surface area (Å²) in [7, 11) is 6.21. The molecule has 31 heavy (non-hydrogen) atoms. The van der Waals surface area contributed by atoms with E-state index < -0.39 is 0 Å². The van der Waals surface area contributed by atoms with E-state index in [9.17, 15) is 0 Å². The minimum Gasteiger partial charge on any atom is -0.493 e. The molecule has 0 aliphatic heterocycles. The van der Waals surface area contributed by atoms with E-state index in [1.54, 1.807) is 51.5 Å². The lowest BCUT2D eigenvalue weighted by Crippen LogP contribution is -2.03. The fourth-order valence-electron chi connectivity index (χ4n) is 3.06. The molecule has 2 heterocycles. The number of benzene rings is 2. The lowest BCUT2D eigenvalue weighted by atomic mass is 10.2. The molecule has 4 aromatic rings. The Morgan fingerprint density at radius 1 is 0.903 bits per heavy atom. The van der Waals surface area contributed by atoms with Gasteiger partial charge in [-0.1, -0.05) is 11.3 Å². The monoisotopic (exact) mass is 423 g/mol. The Kier molecular flexibility index (Phi) is 5.67. The molecule has 4 rings (SSSR count). The predicted octanol–water partition coefficient (Wildman–Crippen LogP) is 2.95. The van der Waals surface area contributed by atoms with Crippen LogP contribution < -0.4 is 25.0 Å². The molecule has 0 bridgehead atoms. The Morgan fingerprint density at radius 3 is 2.35 bits per heavy atom. The molecule has 160 valence electrons. The maximum absolute atomic E-state index is 5.40. The Bertz CT molecular complexity index is 1190. The van der Waals surface area contributed by atoms with Gasteiger partial charge in [-0.05, 0) is 18.2 Å². The average molecular weight is 423 g/mol. The van der Waals surface area contributed by atoms with Crippen LogP contribution in [0.4, 0.5) is 17.3 Å². The van der Waals surface area contributed by atoms with Crippen molar-refractivity contribution < 1.29 is 19.0 Å². The summed E-state index contributed by atoms with van der Waals surface area (Å²) in [5.41, 5.74) is 6.09. The van der Waals surface area contributed by atoms with Gasteiger partial charge in [-0.3, -0.25) is 10.3 Å². The van der Waals surface area contributed by atoms with Crippen LogP contribution in [0.3, 0.4) is 0 Å². The van der Waals surface area contributed by atoms with Gasteiger partial charge in [-0.25, -0.2) is 4.98 Å². The summed E-state index contributed by atoms with van der Waals surface area (Å²) in [5.74, 6) is 1.88. The topological polar surface area (TPSA) is 117 Å². The largest absolute Gasteiger partial charge is 0.493 e. The molecule has 0 unspecified atom stereocenters. The van der Waals surface area contributed by atoms with Crippen molar-refractivity contribution in [1.29, 1.82) is 0 Å². The molecule has 0 aliphatic rings. The van der Waals surface area contributed by atoms with Crippen molar-refractivity contribution in [3.63, 3.8) is 0 Å². The molecule has 0 radical (unpaired) electrons. The van der Waals surface area contributed by atoms with Gasteiger partial charge in [0.1, 0.15) is 0 Å². The zero-order chi connectivity index (χ0) is 21.8. The van der Waals surface area contributed by atoms with Crippen LogP contribution in [0.5, 0.6) is 17.2 Å². The summed E-state index contributed by atoms with van der Waals surface area (Å²) >= 11 is 0. The van der Waals surface area contributed by atoms with Crippen LogP contribution in [-0.2, 0) is 4.84 Å². The van der Waals surface area contributed by atoms with E-state index in [1.807, 2.05) is 24.3 Å². The zero-order valence-electron chi connectivity index (χ0n) is 17.4. The number of hydrogen-bond donors (Lipinski definition) is 2. The number of ether oxygens (including phenoxy) is 3. The fourth-order valence-corrected chi connectivity index (χ4v) is 3.06. The highest BCUT2D eigenvalue weighted by Crippen LogP contribution is 2.40. The Hall–Kier alpha value is -4.12. The van der Waals surface area contributed by atoms with Crippen LogP contribution in [0.1, 0.15) is 0 Å². The second-order valence-corrected chi connectivity index (χ2v) is 6.30. The van der Waals surface area contributed by atoms with Gasteiger partial charge in [-0.2, -0.15) is 9.67 Å². The van der Waals surface area contributed by atoms with Crippen molar-refractivity contribution in [2.24, 2.45) is 0 Å². The van der Waals surface area contributed by atoms with Gasteiger partial charge in [0.15, 0.2) is 22.7 Å². The SMILES string of the molecule is CONc1cccc(-n2nnc3cnc(Nc4cc(OC)c(OC)c(OC)c4)nc32)c1. The number of hydrogen-bond acceptors (Lipinski definition) is 10. The molecule has 0 saturated carbocycles. The molecule has 2 N–H and O–H groups in total. The molecule has 0 amide bonds. The predicted molar refractivity (Wildman–Crippen MR) is 114 cm³/mol. The molecule has 0 atom stereocenters. The molecule has 0 spiro atoms. The van der Waals surface area contributed by atoms with Crippen molar-refractivity contribution in [3.8, 4) is 22.9 Å². The molecular formula is C20H21N7O4. The third kappa shape index (κ3) is 3.98. The number of nitrogens with one attached hydrogen (secondary N) is 2. The molecule has 2 aromatic heterocycles. The first kappa shape index (κ1) is 20.2. The first-order chi connectivity index (χ1) is 15.2. The summed E-state index contributed by atoms with van der Waals surface area (Å²) < 4.78 is 17.8. The van der Waals surface area contributed by atoms with E-state index in [1.165, 1.54) is 0 Å². The summed E-state index contributed by atoms with van der Waals surface area (Å²) in [5, 5.41) is 11.5. The molecule has 0 aliphatic carbocycles. The summed E-state index contributed by atoms with van der Waals surface area (Å²) in [4.78, 5) is 13.9. The van der Waals surface area contributed by atoms with Gasteiger partial charge in [-0.15, -0.1) is 5.10 Å². The van der Waals surface area contributed by atoms with Crippen molar-refractivity contribution in [1.82, 2.24) is 25.0 Å². The van der Waals surface area contributed by atoms with Crippen molar-refractivity contribution in [2.45, 2.75) is 0 Å². The summed E-state index contributed by atoms with van der Waals surface area (Å²) in [6, 6.07) is 11.0. The van der Waals surface area contributed by atoms with Crippen LogP contribution in [0.15, 0.2) is 42.6 Å². The van der Waals surface area contributed by atoms with E-state index in [-0.39, 0.29) is 0 Å². The summed E-state index contributed by atoms with van der Waals surface area (Å²) in [6.07, 6.45) is 1.60. The molecular weight excluding hydrogens is 402 g/mol. The van der Waals surface area contributed by atoms with Crippen LogP contribution in [-0.4, -0.2) is 53.4 Å². The van der Waals surface area contributed by atoms with E-state index in [0.29, 0.717) is 40.0 Å². The number of fused-ring (bicyclic) bond motifs is 1. The molecule has 0 fully saturated rings. The van der Waals surface area contributed by atoms with Crippen molar-refractivity contribution in [2.75, 3.05) is 39.2 Å². The van der Waals surface area contributed by atoms with E-state index in [4.69, 9.17) is 19.0 Å². The minimum atomic E-state index is 0.358. The van der Waals surface area contributed by atoms with Gasteiger partial charge in [0.25, 0.3) is 0 Å². The highest BCUT2D eigenvalue weighted by molar-refractivity contribution is 5.74.